The fourth-order valence-corrected chi connectivity index (χ4v) is 4.38. The second-order valence-corrected chi connectivity index (χ2v) is 8.53. The Hall–Kier alpha value is -2.70. The van der Waals surface area contributed by atoms with Crippen LogP contribution < -0.4 is 9.64 Å². The molecule has 3 heterocycles. The van der Waals surface area contributed by atoms with E-state index in [0.717, 1.165) is 68.9 Å². The molecular weight excluding hydrogens is 390 g/mol. The smallest absolute Gasteiger partial charge is 0.242 e. The van der Waals surface area contributed by atoms with E-state index in [1.54, 1.807) is 6.20 Å². The first-order chi connectivity index (χ1) is 15.2. The van der Waals surface area contributed by atoms with Crippen molar-refractivity contribution in [3.05, 3.63) is 29.6 Å². The van der Waals surface area contributed by atoms with E-state index in [0.29, 0.717) is 24.7 Å². The lowest BCUT2D eigenvalue weighted by Crippen LogP contribution is -2.40. The van der Waals surface area contributed by atoms with Gasteiger partial charge in [0.15, 0.2) is 5.82 Å². The van der Waals surface area contributed by atoms with Gasteiger partial charge in [-0.05, 0) is 44.6 Å². The molecule has 2 aliphatic rings. The number of anilines is 1. The Labute approximate surface area is 184 Å². The van der Waals surface area contributed by atoms with Crippen molar-refractivity contribution in [3.8, 4) is 17.3 Å². The van der Waals surface area contributed by atoms with Crippen LogP contribution in [0, 0.1) is 0 Å². The molecule has 1 saturated heterocycles. The topological polar surface area (TPSA) is 71.5 Å². The van der Waals surface area contributed by atoms with Gasteiger partial charge in [-0.1, -0.05) is 19.8 Å². The highest BCUT2D eigenvalue weighted by Crippen LogP contribution is 2.31. The summed E-state index contributed by atoms with van der Waals surface area (Å²) in [4.78, 5) is 31.1. The maximum absolute atomic E-state index is 12.9. The van der Waals surface area contributed by atoms with Crippen LogP contribution >= 0.6 is 0 Å². The number of nitrogens with zero attached hydrogens (tertiary/aromatic N) is 5. The van der Waals surface area contributed by atoms with Crippen molar-refractivity contribution >= 4 is 11.7 Å². The highest BCUT2D eigenvalue weighted by molar-refractivity contribution is 5.81. The number of aryl methyl sites for hydroxylation is 1. The molecule has 0 N–H and O–H groups in total. The van der Waals surface area contributed by atoms with E-state index in [1.807, 2.05) is 29.0 Å². The molecule has 0 atom stereocenters. The summed E-state index contributed by atoms with van der Waals surface area (Å²) in [7, 11) is 1.97. The zero-order valence-corrected chi connectivity index (χ0v) is 18.8. The second-order valence-electron chi connectivity index (χ2n) is 8.53. The van der Waals surface area contributed by atoms with Crippen LogP contribution in [0.15, 0.2) is 18.3 Å². The fourth-order valence-electron chi connectivity index (χ4n) is 4.38. The summed E-state index contributed by atoms with van der Waals surface area (Å²) < 4.78 is 5.76. The molecule has 0 spiro atoms. The van der Waals surface area contributed by atoms with Crippen LogP contribution in [0.3, 0.4) is 0 Å². The van der Waals surface area contributed by atoms with Gasteiger partial charge in [0.2, 0.25) is 5.91 Å². The van der Waals surface area contributed by atoms with Gasteiger partial charge in [-0.15, -0.1) is 0 Å². The summed E-state index contributed by atoms with van der Waals surface area (Å²) in [5, 5.41) is 0. The van der Waals surface area contributed by atoms with Crippen molar-refractivity contribution in [1.29, 1.82) is 0 Å². The van der Waals surface area contributed by atoms with Gasteiger partial charge in [-0.2, -0.15) is 0 Å². The summed E-state index contributed by atoms with van der Waals surface area (Å²) in [6.07, 6.45) is 10.3. The molecule has 0 radical (unpaired) electrons. The molecule has 1 aliphatic carbocycles. The molecule has 0 unspecified atom stereocenters. The Morgan fingerprint density at radius 2 is 1.94 bits per heavy atom. The average Bonchev–Trinajstić information content (AvgIpc) is 3.09. The first-order valence-electron chi connectivity index (χ1n) is 11.6. The third-order valence-electron chi connectivity index (χ3n) is 6.04. The van der Waals surface area contributed by atoms with Crippen molar-refractivity contribution in [1.82, 2.24) is 19.9 Å². The summed E-state index contributed by atoms with van der Waals surface area (Å²) in [6.45, 7) is 4.83. The van der Waals surface area contributed by atoms with E-state index in [4.69, 9.17) is 14.7 Å². The zero-order valence-electron chi connectivity index (χ0n) is 18.8. The van der Waals surface area contributed by atoms with Gasteiger partial charge >= 0.3 is 0 Å². The predicted molar refractivity (Wildman–Crippen MR) is 121 cm³/mol. The summed E-state index contributed by atoms with van der Waals surface area (Å²) in [6, 6.07) is 3.76. The molecule has 1 fully saturated rings. The molecule has 2 aromatic heterocycles. The quantitative estimate of drug-likeness (QED) is 0.677. The van der Waals surface area contributed by atoms with E-state index in [-0.39, 0.29) is 5.91 Å². The van der Waals surface area contributed by atoms with Crippen LogP contribution in [-0.2, 0) is 17.6 Å². The number of carbonyl (C=O) groups is 1. The third kappa shape index (κ3) is 5.14. The molecule has 31 heavy (non-hydrogen) atoms. The number of aromatic nitrogens is 3. The highest BCUT2D eigenvalue weighted by atomic mass is 16.5. The van der Waals surface area contributed by atoms with Crippen LogP contribution in [-0.4, -0.2) is 59.0 Å². The number of pyridine rings is 1. The molecule has 166 valence electrons. The van der Waals surface area contributed by atoms with Gasteiger partial charge in [-0.25, -0.2) is 9.97 Å². The van der Waals surface area contributed by atoms with Gasteiger partial charge in [0.05, 0.1) is 13.2 Å². The van der Waals surface area contributed by atoms with Crippen molar-refractivity contribution in [2.24, 2.45) is 0 Å². The van der Waals surface area contributed by atoms with Crippen molar-refractivity contribution in [2.75, 3.05) is 38.2 Å². The minimum absolute atomic E-state index is 0.185. The van der Waals surface area contributed by atoms with Gasteiger partial charge in [0, 0.05) is 43.7 Å². The summed E-state index contributed by atoms with van der Waals surface area (Å²) in [5.74, 6) is 2.43. The van der Waals surface area contributed by atoms with Crippen LogP contribution in [0.2, 0.25) is 0 Å². The van der Waals surface area contributed by atoms with Gasteiger partial charge in [0.25, 0.3) is 0 Å². The lowest BCUT2D eigenvalue weighted by Gasteiger charge is -2.26. The molecule has 1 aliphatic heterocycles. The fraction of sp³-hybridized carbons (Fsp3) is 0.583. The Bertz CT molecular complexity index is 909. The third-order valence-corrected chi connectivity index (χ3v) is 6.04. The number of hydrogen-bond acceptors (Lipinski definition) is 6. The molecular formula is C24H33N5O2. The second kappa shape index (κ2) is 10.1. The average molecular weight is 424 g/mol. The largest absolute Gasteiger partial charge is 0.493 e. The van der Waals surface area contributed by atoms with Crippen LogP contribution in [0.1, 0.15) is 56.7 Å². The standard InChI is InChI=1S/C24H33N5O2/c1-3-15-31-18-11-12-25-21(16-18)23-26-20-10-8-9-19(20)24(27-23)28(2)17-22(30)29-13-6-4-5-7-14-29/h11-12,16H,3-10,13-15,17H2,1-2H3. The summed E-state index contributed by atoms with van der Waals surface area (Å²) >= 11 is 0. The molecule has 7 nitrogen and oxygen atoms in total. The molecule has 4 rings (SSSR count). The van der Waals surface area contributed by atoms with Crippen molar-refractivity contribution in [3.63, 3.8) is 0 Å². The molecule has 2 aromatic rings. The normalized spacial score (nSPS) is 16.0. The summed E-state index contributed by atoms with van der Waals surface area (Å²) in [5.41, 5.74) is 2.96. The number of rotatable bonds is 7. The SMILES string of the molecule is CCCOc1ccnc(-c2nc3c(c(N(C)CC(=O)N4CCCCCC4)n2)CCC3)c1. The van der Waals surface area contributed by atoms with Gasteiger partial charge in [0.1, 0.15) is 17.3 Å². The van der Waals surface area contributed by atoms with E-state index >= 15 is 0 Å². The van der Waals surface area contributed by atoms with Crippen LogP contribution in [0.5, 0.6) is 5.75 Å². The van der Waals surface area contributed by atoms with E-state index < -0.39 is 0 Å². The van der Waals surface area contributed by atoms with E-state index in [9.17, 15) is 4.79 Å². The lowest BCUT2D eigenvalue weighted by atomic mass is 10.2. The highest BCUT2D eigenvalue weighted by Gasteiger charge is 2.25. The van der Waals surface area contributed by atoms with Gasteiger partial charge in [-0.3, -0.25) is 9.78 Å². The zero-order chi connectivity index (χ0) is 21.6. The lowest BCUT2D eigenvalue weighted by molar-refractivity contribution is -0.129. The Morgan fingerprint density at radius 1 is 1.13 bits per heavy atom. The van der Waals surface area contributed by atoms with Crippen molar-refractivity contribution < 1.29 is 9.53 Å². The number of ether oxygens (including phenoxy) is 1. The number of hydrogen-bond donors (Lipinski definition) is 0. The van der Waals surface area contributed by atoms with Gasteiger partial charge < -0.3 is 14.5 Å². The van der Waals surface area contributed by atoms with E-state index in [1.165, 1.54) is 18.4 Å². The molecule has 7 heteroatoms. The minimum Gasteiger partial charge on any atom is -0.493 e. The molecule has 0 bridgehead atoms. The molecule has 1 amide bonds. The first kappa shape index (κ1) is 21.5. The molecule has 0 aromatic carbocycles. The number of likely N-dealkylation sites (N-methyl/N-ethyl adjacent to an activating group) is 1. The minimum atomic E-state index is 0.185. The maximum Gasteiger partial charge on any atom is 0.242 e. The monoisotopic (exact) mass is 423 g/mol. The number of amides is 1. The Balaban J connectivity index is 1.58. The Kier molecular flexibility index (Phi) is 6.99. The Morgan fingerprint density at radius 3 is 2.71 bits per heavy atom. The predicted octanol–water partition coefficient (Wildman–Crippen LogP) is 3.65. The van der Waals surface area contributed by atoms with Crippen LogP contribution in [0.25, 0.3) is 11.5 Å². The van der Waals surface area contributed by atoms with Crippen molar-refractivity contribution in [2.45, 2.75) is 58.3 Å². The van der Waals surface area contributed by atoms with Crippen LogP contribution in [0.4, 0.5) is 5.82 Å². The number of fused-ring (bicyclic) bond motifs is 1. The first-order valence-corrected chi connectivity index (χ1v) is 11.6. The maximum atomic E-state index is 12.9. The molecule has 0 saturated carbocycles. The number of likely N-dealkylation sites (tertiary alicyclic amines) is 1. The van der Waals surface area contributed by atoms with E-state index in [2.05, 4.69) is 11.9 Å². The number of carbonyl (C=O) groups excluding carboxylic acids is 1.